The van der Waals surface area contributed by atoms with Gasteiger partial charge in [0.1, 0.15) is 0 Å². The lowest BCUT2D eigenvalue weighted by Gasteiger charge is -2.31. The predicted molar refractivity (Wildman–Crippen MR) is 89.9 cm³/mol. The van der Waals surface area contributed by atoms with Gasteiger partial charge in [-0.2, -0.15) is 0 Å². The number of carbonyl (C=O) groups excluding carboxylic acids is 1. The molecule has 0 atom stereocenters. The van der Waals surface area contributed by atoms with Gasteiger partial charge < -0.3 is 15.2 Å². The van der Waals surface area contributed by atoms with E-state index < -0.39 is 0 Å². The van der Waals surface area contributed by atoms with Crippen LogP contribution in [0.25, 0.3) is 10.9 Å². The van der Waals surface area contributed by atoms with Gasteiger partial charge in [0.25, 0.3) is 0 Å². The lowest BCUT2D eigenvalue weighted by molar-refractivity contribution is -0.122. The number of hydrogen-bond acceptors (Lipinski definition) is 2. The second kappa shape index (κ2) is 6.97. The van der Waals surface area contributed by atoms with Crippen LogP contribution in [0.1, 0.15) is 31.7 Å². The van der Waals surface area contributed by atoms with E-state index in [0.29, 0.717) is 12.5 Å². The molecule has 1 aliphatic rings. The molecule has 3 rings (SSSR count). The van der Waals surface area contributed by atoms with Crippen LogP contribution < -0.4 is 5.32 Å². The molecular weight excluding hydrogens is 274 g/mol. The number of aromatic amines is 1. The van der Waals surface area contributed by atoms with Gasteiger partial charge >= 0.3 is 0 Å². The van der Waals surface area contributed by atoms with Crippen molar-refractivity contribution in [2.24, 2.45) is 0 Å². The van der Waals surface area contributed by atoms with Crippen LogP contribution in [0.3, 0.4) is 0 Å². The summed E-state index contributed by atoms with van der Waals surface area (Å²) in [4.78, 5) is 17.9. The minimum absolute atomic E-state index is 0.181. The van der Waals surface area contributed by atoms with Crippen LogP contribution in [0.2, 0.25) is 0 Å². The summed E-state index contributed by atoms with van der Waals surface area (Å²) in [5.41, 5.74) is 2.37. The van der Waals surface area contributed by atoms with E-state index in [4.69, 9.17) is 0 Å². The van der Waals surface area contributed by atoms with E-state index >= 15 is 0 Å². The molecule has 1 aliphatic heterocycles. The number of H-pyrrole nitrogens is 1. The number of carbonyl (C=O) groups is 1. The van der Waals surface area contributed by atoms with Crippen LogP contribution in [-0.4, -0.2) is 41.5 Å². The van der Waals surface area contributed by atoms with E-state index in [2.05, 4.69) is 34.3 Å². The van der Waals surface area contributed by atoms with Crippen molar-refractivity contribution in [1.82, 2.24) is 15.2 Å². The molecule has 4 nitrogen and oxygen atoms in total. The van der Waals surface area contributed by atoms with Crippen LogP contribution in [0.15, 0.2) is 30.5 Å². The summed E-state index contributed by atoms with van der Waals surface area (Å²) in [6, 6.07) is 8.61. The molecule has 22 heavy (non-hydrogen) atoms. The molecule has 0 aliphatic carbocycles. The molecule has 4 heteroatoms. The summed E-state index contributed by atoms with van der Waals surface area (Å²) in [5.74, 6) is 0.181. The third-order valence-electron chi connectivity index (χ3n) is 4.70. The fourth-order valence-electron chi connectivity index (χ4n) is 3.28. The van der Waals surface area contributed by atoms with Crippen molar-refractivity contribution >= 4 is 16.8 Å². The van der Waals surface area contributed by atoms with E-state index in [1.807, 2.05) is 18.3 Å². The monoisotopic (exact) mass is 299 g/mol. The van der Waals surface area contributed by atoms with Gasteiger partial charge in [-0.15, -0.1) is 0 Å². The number of rotatable bonds is 5. The van der Waals surface area contributed by atoms with Gasteiger partial charge in [-0.3, -0.25) is 4.79 Å². The predicted octanol–water partition coefficient (Wildman–Crippen LogP) is 2.70. The van der Waals surface area contributed by atoms with E-state index in [-0.39, 0.29) is 5.91 Å². The molecule has 0 bridgehead atoms. The number of para-hydroxylation sites is 1. The highest BCUT2D eigenvalue weighted by molar-refractivity contribution is 5.84. The van der Waals surface area contributed by atoms with E-state index in [1.54, 1.807) is 0 Å². The second-order valence-electron chi connectivity index (χ2n) is 6.14. The summed E-state index contributed by atoms with van der Waals surface area (Å²) in [6.45, 7) is 5.51. The number of benzene rings is 1. The summed E-state index contributed by atoms with van der Waals surface area (Å²) in [5, 5.41) is 4.43. The van der Waals surface area contributed by atoms with Crippen molar-refractivity contribution in [3.8, 4) is 0 Å². The average Bonchev–Trinajstić information content (AvgIpc) is 2.97. The third kappa shape index (κ3) is 3.50. The summed E-state index contributed by atoms with van der Waals surface area (Å²) >= 11 is 0. The number of aromatic nitrogens is 1. The van der Waals surface area contributed by atoms with Crippen molar-refractivity contribution in [3.05, 3.63) is 36.0 Å². The summed E-state index contributed by atoms with van der Waals surface area (Å²) in [6.07, 6.45) is 5.54. The van der Waals surface area contributed by atoms with Gasteiger partial charge in [0.2, 0.25) is 5.91 Å². The third-order valence-corrected chi connectivity index (χ3v) is 4.70. The first kappa shape index (κ1) is 15.1. The Kier molecular flexibility index (Phi) is 4.78. The van der Waals surface area contributed by atoms with Crippen molar-refractivity contribution in [3.63, 3.8) is 0 Å². The van der Waals surface area contributed by atoms with E-state index in [0.717, 1.165) is 44.4 Å². The molecule has 1 aromatic carbocycles. The molecule has 1 fully saturated rings. The number of piperidine rings is 1. The molecule has 2 N–H and O–H groups in total. The van der Waals surface area contributed by atoms with Crippen LogP contribution in [0.4, 0.5) is 0 Å². The van der Waals surface area contributed by atoms with Crippen molar-refractivity contribution in [2.75, 3.05) is 19.6 Å². The molecule has 1 aromatic heterocycles. The Balaban J connectivity index is 1.48. The first-order valence-electron chi connectivity index (χ1n) is 8.33. The standard InChI is InChI=1S/C18H25N3O/c1-2-21-11-9-15(10-12-21)20-18(22)8-7-14-13-19-17-6-4-3-5-16(14)17/h3-6,13,15,19H,2,7-12H2,1H3,(H,20,22). The first-order valence-corrected chi connectivity index (χ1v) is 8.33. The molecule has 0 saturated carbocycles. The smallest absolute Gasteiger partial charge is 0.220 e. The quantitative estimate of drug-likeness (QED) is 0.892. The maximum Gasteiger partial charge on any atom is 0.220 e. The first-order chi connectivity index (χ1) is 10.8. The Bertz CT molecular complexity index is 626. The van der Waals surface area contributed by atoms with Gasteiger partial charge in [0, 0.05) is 42.7 Å². The van der Waals surface area contributed by atoms with Crippen LogP contribution in [0.5, 0.6) is 0 Å². The highest BCUT2D eigenvalue weighted by Gasteiger charge is 2.19. The van der Waals surface area contributed by atoms with E-state index in [1.165, 1.54) is 10.9 Å². The number of nitrogens with zero attached hydrogens (tertiary/aromatic N) is 1. The highest BCUT2D eigenvalue weighted by atomic mass is 16.1. The van der Waals surface area contributed by atoms with Gasteiger partial charge in [0.15, 0.2) is 0 Å². The Morgan fingerprint density at radius 1 is 1.32 bits per heavy atom. The molecule has 1 saturated heterocycles. The number of likely N-dealkylation sites (tertiary alicyclic amines) is 1. The maximum atomic E-state index is 12.2. The molecule has 2 heterocycles. The molecular formula is C18H25N3O. The average molecular weight is 299 g/mol. The zero-order valence-corrected chi connectivity index (χ0v) is 13.3. The minimum atomic E-state index is 0.181. The molecule has 118 valence electrons. The van der Waals surface area contributed by atoms with Crippen LogP contribution in [0, 0.1) is 0 Å². The van der Waals surface area contributed by atoms with Crippen molar-refractivity contribution in [2.45, 2.75) is 38.6 Å². The molecule has 2 aromatic rings. The SMILES string of the molecule is CCN1CCC(NC(=O)CCc2c[nH]c3ccccc23)CC1. The molecule has 0 radical (unpaired) electrons. The largest absolute Gasteiger partial charge is 0.361 e. The van der Waals surface area contributed by atoms with Crippen LogP contribution >= 0.6 is 0 Å². The summed E-state index contributed by atoms with van der Waals surface area (Å²) < 4.78 is 0. The van der Waals surface area contributed by atoms with Crippen molar-refractivity contribution < 1.29 is 4.79 Å². The molecule has 0 spiro atoms. The number of hydrogen-bond donors (Lipinski definition) is 2. The Morgan fingerprint density at radius 3 is 2.86 bits per heavy atom. The zero-order chi connectivity index (χ0) is 15.4. The topological polar surface area (TPSA) is 48.1 Å². The highest BCUT2D eigenvalue weighted by Crippen LogP contribution is 2.19. The summed E-state index contributed by atoms with van der Waals surface area (Å²) in [7, 11) is 0. The van der Waals surface area contributed by atoms with Gasteiger partial charge in [-0.1, -0.05) is 25.1 Å². The lowest BCUT2D eigenvalue weighted by Crippen LogP contribution is -2.44. The fraction of sp³-hybridized carbons (Fsp3) is 0.500. The number of fused-ring (bicyclic) bond motifs is 1. The van der Waals surface area contributed by atoms with Crippen LogP contribution in [-0.2, 0) is 11.2 Å². The van der Waals surface area contributed by atoms with Crippen molar-refractivity contribution in [1.29, 1.82) is 0 Å². The number of nitrogens with one attached hydrogen (secondary N) is 2. The fourth-order valence-corrected chi connectivity index (χ4v) is 3.28. The van der Waals surface area contributed by atoms with Gasteiger partial charge in [-0.05, 0) is 37.4 Å². The maximum absolute atomic E-state index is 12.2. The normalized spacial score (nSPS) is 17.0. The Labute approximate surface area is 131 Å². The molecule has 1 amide bonds. The minimum Gasteiger partial charge on any atom is -0.361 e. The Hall–Kier alpha value is -1.81. The number of amides is 1. The van der Waals surface area contributed by atoms with Gasteiger partial charge in [0.05, 0.1) is 0 Å². The second-order valence-corrected chi connectivity index (χ2v) is 6.14. The zero-order valence-electron chi connectivity index (χ0n) is 13.3. The molecule has 0 unspecified atom stereocenters. The van der Waals surface area contributed by atoms with Gasteiger partial charge in [-0.25, -0.2) is 0 Å². The Morgan fingerprint density at radius 2 is 2.09 bits per heavy atom. The lowest BCUT2D eigenvalue weighted by atomic mass is 10.0. The van der Waals surface area contributed by atoms with E-state index in [9.17, 15) is 4.79 Å². The number of aryl methyl sites for hydroxylation is 1.